The fourth-order valence-electron chi connectivity index (χ4n) is 1.33. The molecule has 0 aliphatic heterocycles. The van der Waals surface area contributed by atoms with E-state index in [9.17, 15) is 13.2 Å². The molecule has 18 heavy (non-hydrogen) atoms. The van der Waals surface area contributed by atoms with E-state index in [0.29, 0.717) is 5.56 Å². The first kappa shape index (κ1) is 14.6. The van der Waals surface area contributed by atoms with Crippen LogP contribution in [0.15, 0.2) is 30.3 Å². The van der Waals surface area contributed by atoms with E-state index in [1.54, 1.807) is 30.3 Å². The molecule has 0 amide bonds. The van der Waals surface area contributed by atoms with Gasteiger partial charge in [-0.1, -0.05) is 30.3 Å². The highest BCUT2D eigenvalue weighted by molar-refractivity contribution is 7.89. The van der Waals surface area contributed by atoms with Crippen LogP contribution in [0.5, 0.6) is 0 Å². The molecule has 0 saturated carbocycles. The van der Waals surface area contributed by atoms with Gasteiger partial charge >= 0.3 is 5.97 Å². The summed E-state index contributed by atoms with van der Waals surface area (Å²) in [6, 6.07) is 7.35. The number of sulfonamides is 1. The van der Waals surface area contributed by atoms with Crippen molar-refractivity contribution in [2.45, 2.75) is 24.8 Å². The summed E-state index contributed by atoms with van der Waals surface area (Å²) in [4.78, 5) is 11.0. The predicted octanol–water partition coefficient (Wildman–Crippen LogP) is -0.0600. The van der Waals surface area contributed by atoms with Crippen molar-refractivity contribution in [3.05, 3.63) is 35.9 Å². The van der Waals surface area contributed by atoms with E-state index in [4.69, 9.17) is 10.2 Å². The topological polar surface area (TPSA) is 104 Å². The van der Waals surface area contributed by atoms with E-state index in [1.165, 1.54) is 0 Å². The van der Waals surface area contributed by atoms with Crippen LogP contribution in [-0.4, -0.2) is 36.1 Å². The van der Waals surface area contributed by atoms with Gasteiger partial charge in [-0.25, -0.2) is 8.42 Å². The number of carboxylic acid groups (broad SMARTS) is 1. The Morgan fingerprint density at radius 2 is 1.89 bits per heavy atom. The maximum atomic E-state index is 11.4. The number of hydrogen-bond acceptors (Lipinski definition) is 4. The molecule has 2 unspecified atom stereocenters. The molecule has 7 heteroatoms. The second-order valence-electron chi connectivity index (χ2n) is 3.84. The number of aliphatic hydroxyl groups excluding tert-OH is 1. The summed E-state index contributed by atoms with van der Waals surface area (Å²) in [6.07, 6.45) is 0.0160. The fraction of sp³-hybridized carbons (Fsp3) is 0.364. The molecule has 0 bridgehead atoms. The maximum absolute atomic E-state index is 11.4. The zero-order valence-electron chi connectivity index (χ0n) is 9.78. The van der Waals surface area contributed by atoms with Gasteiger partial charge in [-0.05, 0) is 18.9 Å². The van der Waals surface area contributed by atoms with Gasteiger partial charge < -0.3 is 10.2 Å². The Hall–Kier alpha value is -1.44. The van der Waals surface area contributed by atoms with Crippen LogP contribution in [0.4, 0.5) is 0 Å². The van der Waals surface area contributed by atoms with Crippen LogP contribution >= 0.6 is 0 Å². The van der Waals surface area contributed by atoms with Crippen LogP contribution < -0.4 is 4.72 Å². The first-order chi connectivity index (χ1) is 8.33. The summed E-state index contributed by atoms with van der Waals surface area (Å²) in [6.45, 7) is 1.06. The van der Waals surface area contributed by atoms with E-state index in [0.717, 1.165) is 6.92 Å². The Labute approximate surface area is 105 Å². The Kier molecular flexibility index (Phi) is 4.83. The minimum atomic E-state index is -4.04. The smallest absolute Gasteiger partial charge is 0.322 e. The molecule has 3 N–H and O–H groups in total. The van der Waals surface area contributed by atoms with Crippen LogP contribution in [0.3, 0.4) is 0 Å². The molecule has 0 radical (unpaired) electrons. The van der Waals surface area contributed by atoms with Crippen LogP contribution in [0.1, 0.15) is 12.5 Å². The number of aliphatic carboxylic acids is 1. The minimum absolute atomic E-state index is 0.0160. The monoisotopic (exact) mass is 273 g/mol. The number of rotatable bonds is 6. The van der Waals surface area contributed by atoms with Crippen molar-refractivity contribution in [2.75, 3.05) is 0 Å². The molecule has 100 valence electrons. The second kappa shape index (κ2) is 5.94. The molecule has 0 spiro atoms. The van der Waals surface area contributed by atoms with Gasteiger partial charge in [0.15, 0.2) is 5.44 Å². The second-order valence-corrected chi connectivity index (χ2v) is 5.85. The third-order valence-electron chi connectivity index (χ3n) is 2.34. The number of hydrogen-bond donors (Lipinski definition) is 3. The average Bonchev–Trinajstić information content (AvgIpc) is 2.29. The zero-order valence-corrected chi connectivity index (χ0v) is 10.6. The Bertz CT molecular complexity index is 497. The van der Waals surface area contributed by atoms with Gasteiger partial charge in [-0.2, -0.15) is 4.72 Å². The van der Waals surface area contributed by atoms with Gasteiger partial charge in [0.1, 0.15) is 6.04 Å². The molecule has 0 saturated heterocycles. The van der Waals surface area contributed by atoms with Crippen LogP contribution in [-0.2, 0) is 21.2 Å². The van der Waals surface area contributed by atoms with Crippen molar-refractivity contribution in [3.8, 4) is 0 Å². The lowest BCUT2D eigenvalue weighted by molar-refractivity contribution is -0.138. The number of aliphatic hydroxyl groups is 1. The molecule has 0 fully saturated rings. The number of nitrogens with one attached hydrogen (secondary N) is 1. The molecule has 1 rings (SSSR count). The molecule has 0 heterocycles. The Morgan fingerprint density at radius 3 is 2.33 bits per heavy atom. The molecule has 2 atom stereocenters. The van der Waals surface area contributed by atoms with Gasteiger partial charge in [-0.15, -0.1) is 0 Å². The molecule has 0 aliphatic carbocycles. The lowest BCUT2D eigenvalue weighted by Gasteiger charge is -2.16. The van der Waals surface area contributed by atoms with Crippen molar-refractivity contribution < 1.29 is 23.4 Å². The van der Waals surface area contributed by atoms with E-state index in [-0.39, 0.29) is 6.42 Å². The highest BCUT2D eigenvalue weighted by atomic mass is 32.2. The standard InChI is InChI=1S/C11H15NO5S/c1-8(13)18(16,17)12-10(11(14)15)7-9-5-3-2-4-6-9/h2-6,8,10,12-13H,7H2,1H3,(H,14,15). The number of carbonyl (C=O) groups is 1. The molecule has 1 aromatic carbocycles. The van der Waals surface area contributed by atoms with Crippen LogP contribution in [0.25, 0.3) is 0 Å². The van der Waals surface area contributed by atoms with Crippen molar-refractivity contribution in [1.82, 2.24) is 4.72 Å². The van der Waals surface area contributed by atoms with Gasteiger partial charge in [0.25, 0.3) is 0 Å². The van der Waals surface area contributed by atoms with Crippen molar-refractivity contribution in [2.24, 2.45) is 0 Å². The lowest BCUT2D eigenvalue weighted by Crippen LogP contribution is -2.45. The highest BCUT2D eigenvalue weighted by Crippen LogP contribution is 2.06. The molecule has 1 aromatic rings. The van der Waals surface area contributed by atoms with E-state index >= 15 is 0 Å². The van der Waals surface area contributed by atoms with Gasteiger partial charge in [0.2, 0.25) is 10.0 Å². The molecule has 0 aliphatic rings. The van der Waals surface area contributed by atoms with Gasteiger partial charge in [0.05, 0.1) is 0 Å². The van der Waals surface area contributed by atoms with Crippen molar-refractivity contribution in [1.29, 1.82) is 0 Å². The quantitative estimate of drug-likeness (QED) is 0.673. The van der Waals surface area contributed by atoms with E-state index in [1.807, 2.05) is 4.72 Å². The normalized spacial score (nSPS) is 15.0. The molecular formula is C11H15NO5S. The van der Waals surface area contributed by atoms with Crippen molar-refractivity contribution >= 4 is 16.0 Å². The summed E-state index contributed by atoms with van der Waals surface area (Å²) < 4.78 is 24.8. The summed E-state index contributed by atoms with van der Waals surface area (Å²) in [5.74, 6) is -1.29. The highest BCUT2D eigenvalue weighted by Gasteiger charge is 2.27. The Morgan fingerprint density at radius 1 is 1.33 bits per heavy atom. The predicted molar refractivity (Wildman–Crippen MR) is 65.3 cm³/mol. The first-order valence-corrected chi connectivity index (χ1v) is 6.83. The minimum Gasteiger partial charge on any atom is -0.480 e. The average molecular weight is 273 g/mol. The molecule has 6 nitrogen and oxygen atoms in total. The maximum Gasteiger partial charge on any atom is 0.322 e. The Balaban J connectivity index is 2.83. The fourth-order valence-corrected chi connectivity index (χ4v) is 2.10. The summed E-state index contributed by atoms with van der Waals surface area (Å²) >= 11 is 0. The van der Waals surface area contributed by atoms with Crippen LogP contribution in [0, 0.1) is 0 Å². The van der Waals surface area contributed by atoms with E-state index < -0.39 is 27.5 Å². The van der Waals surface area contributed by atoms with Gasteiger partial charge in [0, 0.05) is 0 Å². The zero-order chi connectivity index (χ0) is 13.8. The largest absolute Gasteiger partial charge is 0.480 e. The molecule has 0 aromatic heterocycles. The van der Waals surface area contributed by atoms with Crippen LogP contribution in [0.2, 0.25) is 0 Å². The summed E-state index contributed by atoms with van der Waals surface area (Å²) in [5.41, 5.74) is -0.965. The molecular weight excluding hydrogens is 258 g/mol. The SMILES string of the molecule is CC(O)S(=O)(=O)NC(Cc1ccccc1)C(=O)O. The summed E-state index contributed by atoms with van der Waals surface area (Å²) in [5, 5.41) is 18.0. The third kappa shape index (κ3) is 4.10. The lowest BCUT2D eigenvalue weighted by atomic mass is 10.1. The number of benzene rings is 1. The van der Waals surface area contributed by atoms with E-state index in [2.05, 4.69) is 0 Å². The van der Waals surface area contributed by atoms with Crippen molar-refractivity contribution in [3.63, 3.8) is 0 Å². The van der Waals surface area contributed by atoms with Gasteiger partial charge in [-0.3, -0.25) is 4.79 Å². The summed E-state index contributed by atoms with van der Waals surface area (Å²) in [7, 11) is -4.04. The third-order valence-corrected chi connectivity index (χ3v) is 3.85. The first-order valence-electron chi connectivity index (χ1n) is 5.29. The number of carboxylic acids is 1.